The van der Waals surface area contributed by atoms with Gasteiger partial charge in [0.05, 0.1) is 4.70 Å². The minimum absolute atomic E-state index is 0.0108. The standard InChI is InChI=1S/C18H21FN2O2S/c1-11-10-12(8-9-21(11)17(22)23-18(2,3)4)16-20-15-13(19)6-5-7-14(15)24-16/h5-8,11H,9-10H2,1-4H3. The Balaban J connectivity index is 1.81. The van der Waals surface area contributed by atoms with E-state index in [9.17, 15) is 9.18 Å². The average molecular weight is 348 g/mol. The molecule has 1 aliphatic heterocycles. The molecule has 6 heteroatoms. The number of amides is 1. The number of nitrogens with zero attached hydrogens (tertiary/aromatic N) is 2. The number of aromatic nitrogens is 1. The van der Waals surface area contributed by atoms with E-state index in [1.54, 1.807) is 11.0 Å². The highest BCUT2D eigenvalue weighted by molar-refractivity contribution is 7.19. The van der Waals surface area contributed by atoms with Gasteiger partial charge in [-0.05, 0) is 51.8 Å². The van der Waals surface area contributed by atoms with Gasteiger partial charge in [0.25, 0.3) is 0 Å². The van der Waals surface area contributed by atoms with Crippen LogP contribution in [0.1, 0.15) is 39.1 Å². The number of hydrogen-bond acceptors (Lipinski definition) is 4. The Morgan fingerprint density at radius 2 is 2.17 bits per heavy atom. The molecule has 1 aromatic carbocycles. The first-order chi connectivity index (χ1) is 11.2. The van der Waals surface area contributed by atoms with Gasteiger partial charge >= 0.3 is 6.09 Å². The van der Waals surface area contributed by atoms with Crippen LogP contribution in [0.4, 0.5) is 9.18 Å². The van der Waals surface area contributed by atoms with Crippen molar-refractivity contribution in [1.29, 1.82) is 0 Å². The molecule has 1 aromatic heterocycles. The molecule has 0 saturated heterocycles. The second-order valence-corrected chi connectivity index (χ2v) is 8.05. The molecule has 0 saturated carbocycles. The number of carbonyl (C=O) groups is 1. The zero-order chi connectivity index (χ0) is 17.5. The fourth-order valence-corrected chi connectivity index (χ4v) is 3.73. The van der Waals surface area contributed by atoms with Crippen LogP contribution in [0.25, 0.3) is 15.8 Å². The van der Waals surface area contributed by atoms with E-state index in [1.807, 2.05) is 39.8 Å². The first-order valence-electron chi connectivity index (χ1n) is 7.98. The second-order valence-electron chi connectivity index (χ2n) is 7.02. The van der Waals surface area contributed by atoms with Crippen LogP contribution in [0.2, 0.25) is 0 Å². The van der Waals surface area contributed by atoms with E-state index < -0.39 is 5.60 Å². The lowest BCUT2D eigenvalue weighted by Gasteiger charge is -2.34. The molecule has 2 heterocycles. The first kappa shape index (κ1) is 16.9. The maximum atomic E-state index is 13.8. The minimum Gasteiger partial charge on any atom is -0.444 e. The Labute approximate surface area is 144 Å². The highest BCUT2D eigenvalue weighted by atomic mass is 32.1. The number of benzene rings is 1. The van der Waals surface area contributed by atoms with Crippen LogP contribution in [-0.4, -0.2) is 34.2 Å². The second kappa shape index (κ2) is 6.16. The largest absolute Gasteiger partial charge is 0.444 e. The molecule has 3 rings (SSSR count). The molecule has 2 aromatic rings. The number of carbonyl (C=O) groups excluding carboxylic acids is 1. The van der Waals surface area contributed by atoms with E-state index in [1.165, 1.54) is 17.4 Å². The Bertz CT molecular complexity index is 807. The number of fused-ring (bicyclic) bond motifs is 1. The zero-order valence-corrected chi connectivity index (χ0v) is 15.1. The van der Waals surface area contributed by atoms with Gasteiger partial charge in [-0.15, -0.1) is 11.3 Å². The van der Waals surface area contributed by atoms with E-state index in [4.69, 9.17) is 4.74 Å². The predicted octanol–water partition coefficient (Wildman–Crippen LogP) is 4.85. The lowest BCUT2D eigenvalue weighted by molar-refractivity contribution is 0.0199. The quantitative estimate of drug-likeness (QED) is 0.740. The SMILES string of the molecule is CC1CC(c2nc3c(F)cccc3s2)=CCN1C(=O)OC(C)(C)C. The summed E-state index contributed by atoms with van der Waals surface area (Å²) in [5, 5.41) is 0.825. The molecule has 1 aliphatic rings. The lowest BCUT2D eigenvalue weighted by Crippen LogP contribution is -2.44. The van der Waals surface area contributed by atoms with E-state index >= 15 is 0 Å². The summed E-state index contributed by atoms with van der Waals surface area (Å²) in [6.07, 6.45) is 2.36. The van der Waals surface area contributed by atoms with Crippen LogP contribution in [0.15, 0.2) is 24.3 Å². The number of ether oxygens (including phenoxy) is 1. The highest BCUT2D eigenvalue weighted by Gasteiger charge is 2.29. The van der Waals surface area contributed by atoms with Gasteiger partial charge in [-0.25, -0.2) is 14.2 Å². The minimum atomic E-state index is -0.509. The number of thiazole rings is 1. The Kier molecular flexibility index (Phi) is 4.34. The summed E-state index contributed by atoms with van der Waals surface area (Å²) in [5.74, 6) is -0.296. The van der Waals surface area contributed by atoms with Crippen molar-refractivity contribution in [3.05, 3.63) is 35.1 Å². The van der Waals surface area contributed by atoms with Crippen molar-refractivity contribution in [2.24, 2.45) is 0 Å². The Morgan fingerprint density at radius 3 is 2.79 bits per heavy atom. The molecule has 1 atom stereocenters. The molecule has 0 aliphatic carbocycles. The third kappa shape index (κ3) is 3.43. The first-order valence-corrected chi connectivity index (χ1v) is 8.80. The number of rotatable bonds is 1. The van der Waals surface area contributed by atoms with Gasteiger partial charge in [0.15, 0.2) is 0 Å². The Morgan fingerprint density at radius 1 is 1.42 bits per heavy atom. The summed E-state index contributed by atoms with van der Waals surface area (Å²) < 4.78 is 20.1. The average Bonchev–Trinajstić information content (AvgIpc) is 2.90. The summed E-state index contributed by atoms with van der Waals surface area (Å²) in [7, 11) is 0. The fraction of sp³-hybridized carbons (Fsp3) is 0.444. The summed E-state index contributed by atoms with van der Waals surface area (Å²) in [6, 6.07) is 5.01. The summed E-state index contributed by atoms with van der Waals surface area (Å²) in [6.45, 7) is 8.04. The van der Waals surface area contributed by atoms with Gasteiger partial charge in [-0.2, -0.15) is 0 Å². The molecule has 0 N–H and O–H groups in total. The molecule has 4 nitrogen and oxygen atoms in total. The molecule has 1 amide bonds. The van der Waals surface area contributed by atoms with Gasteiger partial charge in [0, 0.05) is 12.6 Å². The van der Waals surface area contributed by atoms with Crippen molar-refractivity contribution in [1.82, 2.24) is 9.88 Å². The summed E-state index contributed by atoms with van der Waals surface area (Å²) in [5.41, 5.74) is 0.967. The van der Waals surface area contributed by atoms with Crippen molar-refractivity contribution < 1.29 is 13.9 Å². The predicted molar refractivity (Wildman–Crippen MR) is 94.6 cm³/mol. The smallest absolute Gasteiger partial charge is 0.410 e. The highest BCUT2D eigenvalue weighted by Crippen LogP contribution is 2.33. The number of halogens is 1. The molecule has 24 heavy (non-hydrogen) atoms. The van der Waals surface area contributed by atoms with Gasteiger partial charge < -0.3 is 9.64 Å². The van der Waals surface area contributed by atoms with Crippen LogP contribution < -0.4 is 0 Å². The number of hydrogen-bond donors (Lipinski definition) is 0. The van der Waals surface area contributed by atoms with Crippen LogP contribution in [0.5, 0.6) is 0 Å². The molecule has 0 radical (unpaired) electrons. The Hall–Kier alpha value is -1.95. The topological polar surface area (TPSA) is 42.4 Å². The lowest BCUT2D eigenvalue weighted by atomic mass is 10.0. The molecular weight excluding hydrogens is 327 g/mol. The maximum absolute atomic E-state index is 13.8. The molecule has 0 fully saturated rings. The van der Waals surface area contributed by atoms with Crippen molar-refractivity contribution in [3.8, 4) is 0 Å². The molecule has 128 valence electrons. The van der Waals surface area contributed by atoms with Crippen molar-refractivity contribution in [2.45, 2.75) is 45.8 Å². The molecule has 0 spiro atoms. The van der Waals surface area contributed by atoms with E-state index in [-0.39, 0.29) is 18.0 Å². The molecule has 0 bridgehead atoms. The van der Waals surface area contributed by atoms with E-state index in [0.29, 0.717) is 18.5 Å². The van der Waals surface area contributed by atoms with Crippen molar-refractivity contribution in [3.63, 3.8) is 0 Å². The van der Waals surface area contributed by atoms with Crippen LogP contribution in [0, 0.1) is 5.82 Å². The van der Waals surface area contributed by atoms with Gasteiger partial charge in [-0.3, -0.25) is 0 Å². The summed E-state index contributed by atoms with van der Waals surface area (Å²) >= 11 is 1.49. The number of para-hydroxylation sites is 1. The third-order valence-corrected chi connectivity index (χ3v) is 4.95. The van der Waals surface area contributed by atoms with Crippen LogP contribution in [-0.2, 0) is 4.74 Å². The van der Waals surface area contributed by atoms with Gasteiger partial charge in [0.1, 0.15) is 21.9 Å². The normalized spacial score (nSPS) is 18.6. The monoisotopic (exact) mass is 348 g/mol. The van der Waals surface area contributed by atoms with E-state index in [0.717, 1.165) is 15.3 Å². The van der Waals surface area contributed by atoms with E-state index in [2.05, 4.69) is 4.98 Å². The fourth-order valence-electron chi connectivity index (χ4n) is 2.70. The van der Waals surface area contributed by atoms with Crippen molar-refractivity contribution in [2.75, 3.05) is 6.54 Å². The van der Waals surface area contributed by atoms with Crippen LogP contribution in [0.3, 0.4) is 0 Å². The van der Waals surface area contributed by atoms with Crippen molar-refractivity contribution >= 4 is 33.2 Å². The van der Waals surface area contributed by atoms with Crippen LogP contribution >= 0.6 is 11.3 Å². The van der Waals surface area contributed by atoms with Gasteiger partial charge in [0.2, 0.25) is 0 Å². The van der Waals surface area contributed by atoms with Gasteiger partial charge in [-0.1, -0.05) is 12.1 Å². The summed E-state index contributed by atoms with van der Waals surface area (Å²) in [4.78, 5) is 18.4. The third-order valence-electron chi connectivity index (χ3n) is 3.85. The molecule has 1 unspecified atom stereocenters. The maximum Gasteiger partial charge on any atom is 0.410 e. The zero-order valence-electron chi connectivity index (χ0n) is 14.3. The molecular formula is C18H21FN2O2S.